The molecule has 0 spiro atoms. The highest BCUT2D eigenvalue weighted by molar-refractivity contribution is 5.97. The fourth-order valence-electron chi connectivity index (χ4n) is 5.78. The largest absolute Gasteiger partial charge is 0.465 e. The molecule has 3 aromatic rings. The molecule has 2 fully saturated rings. The van der Waals surface area contributed by atoms with E-state index >= 15 is 0 Å². The highest BCUT2D eigenvalue weighted by atomic mass is 16.5. The van der Waals surface area contributed by atoms with Crippen LogP contribution in [0.5, 0.6) is 0 Å². The molecule has 35 heavy (non-hydrogen) atoms. The van der Waals surface area contributed by atoms with E-state index in [1.807, 2.05) is 30.3 Å². The number of carbonyl (C=O) groups is 3. The van der Waals surface area contributed by atoms with Crippen molar-refractivity contribution in [3.05, 3.63) is 70.9 Å². The number of rotatable bonds is 4. The molecule has 180 valence electrons. The van der Waals surface area contributed by atoms with Crippen molar-refractivity contribution in [1.82, 2.24) is 14.8 Å². The maximum Gasteiger partial charge on any atom is 0.337 e. The predicted molar refractivity (Wildman–Crippen MR) is 128 cm³/mol. The second-order valence-electron chi connectivity index (χ2n) is 9.45. The van der Waals surface area contributed by atoms with Crippen LogP contribution in [0.2, 0.25) is 0 Å². The van der Waals surface area contributed by atoms with Crippen molar-refractivity contribution in [3.63, 3.8) is 0 Å². The van der Waals surface area contributed by atoms with E-state index in [9.17, 15) is 14.4 Å². The number of piperazine rings is 1. The number of nitrogens with one attached hydrogen (secondary N) is 1. The normalized spacial score (nSPS) is 24.0. The van der Waals surface area contributed by atoms with Crippen LogP contribution < -0.4 is 0 Å². The Kier molecular flexibility index (Phi) is 5.33. The number of methoxy groups -OCH3 is 1. The third-order valence-corrected chi connectivity index (χ3v) is 7.44. The van der Waals surface area contributed by atoms with Gasteiger partial charge in [-0.1, -0.05) is 30.3 Å². The molecule has 8 heteroatoms. The van der Waals surface area contributed by atoms with E-state index in [0.717, 1.165) is 40.6 Å². The fourth-order valence-corrected chi connectivity index (χ4v) is 5.78. The Morgan fingerprint density at radius 1 is 1.14 bits per heavy atom. The van der Waals surface area contributed by atoms with E-state index in [1.54, 1.807) is 21.9 Å². The van der Waals surface area contributed by atoms with Gasteiger partial charge in [0.05, 0.1) is 31.4 Å². The van der Waals surface area contributed by atoms with Crippen molar-refractivity contribution in [1.29, 1.82) is 0 Å². The third kappa shape index (κ3) is 3.60. The number of para-hydroxylation sites is 1. The minimum atomic E-state index is -0.588. The second-order valence-corrected chi connectivity index (χ2v) is 9.45. The van der Waals surface area contributed by atoms with Gasteiger partial charge in [0.25, 0.3) is 0 Å². The summed E-state index contributed by atoms with van der Waals surface area (Å²) in [5, 5.41) is 1.06. The van der Waals surface area contributed by atoms with Gasteiger partial charge in [-0.05, 0) is 42.2 Å². The lowest BCUT2D eigenvalue weighted by atomic mass is 9.86. The topological polar surface area (TPSA) is 91.9 Å². The fraction of sp³-hybridized carbons (Fsp3) is 0.370. The van der Waals surface area contributed by atoms with E-state index in [1.165, 1.54) is 7.11 Å². The van der Waals surface area contributed by atoms with Gasteiger partial charge in [-0.25, -0.2) is 4.79 Å². The van der Waals surface area contributed by atoms with Gasteiger partial charge in [-0.3, -0.25) is 9.59 Å². The number of carbonyl (C=O) groups excluding carboxylic acids is 3. The van der Waals surface area contributed by atoms with Gasteiger partial charge in [-0.2, -0.15) is 0 Å². The number of nitrogens with zero attached hydrogens (tertiary/aromatic N) is 2. The molecule has 0 radical (unpaired) electrons. The molecule has 0 bridgehead atoms. The van der Waals surface area contributed by atoms with Gasteiger partial charge in [0.15, 0.2) is 0 Å². The van der Waals surface area contributed by atoms with Crippen LogP contribution in [-0.4, -0.2) is 71.5 Å². The highest BCUT2D eigenvalue weighted by Crippen LogP contribution is 2.42. The summed E-state index contributed by atoms with van der Waals surface area (Å²) < 4.78 is 10.6. The van der Waals surface area contributed by atoms with Crippen LogP contribution in [0.25, 0.3) is 10.9 Å². The number of fused-ring (bicyclic) bond motifs is 4. The molecule has 1 aromatic heterocycles. The van der Waals surface area contributed by atoms with E-state index in [4.69, 9.17) is 9.47 Å². The summed E-state index contributed by atoms with van der Waals surface area (Å²) in [4.78, 5) is 46.2. The van der Waals surface area contributed by atoms with E-state index in [2.05, 4.69) is 11.1 Å². The zero-order valence-electron chi connectivity index (χ0n) is 19.5. The lowest BCUT2D eigenvalue weighted by molar-refractivity contribution is -0.159. The lowest BCUT2D eigenvalue weighted by Gasteiger charge is -2.47. The number of hydrogen-bond acceptors (Lipinski definition) is 5. The standard InChI is InChI=1S/C27H27N3O5/c1-34-27(33)17-10-8-16(9-11-17)25-24-20(19-6-2-3-7-21(19)28-24)13-22-26(32)29(15-23(31)30(22)25)14-18-5-4-12-35-18/h2-3,6-11,18,22,25,28H,4-5,12-15H2,1H3/t18-,22-,25-/m0/s1. The minimum Gasteiger partial charge on any atom is -0.465 e. The van der Waals surface area contributed by atoms with E-state index in [0.29, 0.717) is 25.1 Å². The van der Waals surface area contributed by atoms with Gasteiger partial charge in [0.2, 0.25) is 11.8 Å². The molecule has 6 rings (SSSR count). The quantitative estimate of drug-likeness (QED) is 0.589. The van der Waals surface area contributed by atoms with Crippen molar-refractivity contribution in [3.8, 4) is 0 Å². The Hall–Kier alpha value is -3.65. The zero-order valence-corrected chi connectivity index (χ0v) is 19.5. The van der Waals surface area contributed by atoms with Crippen molar-refractivity contribution in [2.24, 2.45) is 0 Å². The molecule has 4 heterocycles. The number of benzene rings is 2. The van der Waals surface area contributed by atoms with Gasteiger partial charge in [-0.15, -0.1) is 0 Å². The molecule has 0 aliphatic carbocycles. The first-order valence-corrected chi connectivity index (χ1v) is 12.0. The van der Waals surface area contributed by atoms with E-state index in [-0.39, 0.29) is 24.5 Å². The maximum atomic E-state index is 13.7. The minimum absolute atomic E-state index is 0.00722. The summed E-state index contributed by atoms with van der Waals surface area (Å²) in [6.07, 6.45) is 2.35. The second kappa shape index (κ2) is 8.53. The summed E-state index contributed by atoms with van der Waals surface area (Å²) in [6.45, 7) is 1.20. The smallest absolute Gasteiger partial charge is 0.337 e. The van der Waals surface area contributed by atoms with Crippen LogP contribution in [-0.2, 0) is 25.5 Å². The molecule has 3 aliphatic rings. The summed E-state index contributed by atoms with van der Waals surface area (Å²) in [7, 11) is 1.35. The molecule has 2 aromatic carbocycles. The Morgan fingerprint density at radius 2 is 1.94 bits per heavy atom. The molecule has 0 saturated carbocycles. The molecule has 8 nitrogen and oxygen atoms in total. The molecule has 3 aliphatic heterocycles. The number of hydrogen-bond donors (Lipinski definition) is 1. The first-order chi connectivity index (χ1) is 17.0. The van der Waals surface area contributed by atoms with E-state index < -0.39 is 18.1 Å². The Morgan fingerprint density at radius 3 is 2.69 bits per heavy atom. The molecule has 2 amide bonds. The third-order valence-electron chi connectivity index (χ3n) is 7.44. The Balaban J connectivity index is 1.43. The summed E-state index contributed by atoms with van der Waals surface area (Å²) >= 11 is 0. The number of aromatic amines is 1. The molecule has 1 N–H and O–H groups in total. The number of amides is 2. The van der Waals surface area contributed by atoms with Crippen LogP contribution in [0.15, 0.2) is 48.5 Å². The average Bonchev–Trinajstić information content (AvgIpc) is 3.53. The highest BCUT2D eigenvalue weighted by Gasteiger charge is 2.48. The number of esters is 1. The SMILES string of the molecule is COC(=O)c1ccc([C@H]2c3[nH]c4ccccc4c3C[C@H]3C(=O)N(C[C@@H]4CCCO4)CC(=O)N23)cc1. The number of aromatic nitrogens is 1. The summed E-state index contributed by atoms with van der Waals surface area (Å²) in [5.74, 6) is -0.537. The molecular formula is C27H27N3O5. The summed E-state index contributed by atoms with van der Waals surface area (Å²) in [6, 6.07) is 14.1. The van der Waals surface area contributed by atoms with Crippen molar-refractivity contribution < 1.29 is 23.9 Å². The van der Waals surface area contributed by atoms with Gasteiger partial charge in [0.1, 0.15) is 6.04 Å². The van der Waals surface area contributed by atoms with Crippen LogP contribution in [0.4, 0.5) is 0 Å². The average molecular weight is 474 g/mol. The Labute approximate surface area is 202 Å². The van der Waals surface area contributed by atoms with Crippen LogP contribution in [0.3, 0.4) is 0 Å². The monoisotopic (exact) mass is 473 g/mol. The molecular weight excluding hydrogens is 446 g/mol. The van der Waals surface area contributed by atoms with Crippen LogP contribution in [0, 0.1) is 0 Å². The van der Waals surface area contributed by atoms with Gasteiger partial charge < -0.3 is 24.3 Å². The first kappa shape index (κ1) is 21.9. The maximum absolute atomic E-state index is 13.7. The van der Waals surface area contributed by atoms with Crippen molar-refractivity contribution in [2.45, 2.75) is 37.5 Å². The van der Waals surface area contributed by atoms with Crippen LogP contribution in [0.1, 0.15) is 46.1 Å². The van der Waals surface area contributed by atoms with Crippen molar-refractivity contribution >= 4 is 28.7 Å². The number of ether oxygens (including phenoxy) is 2. The van der Waals surface area contributed by atoms with Gasteiger partial charge >= 0.3 is 5.97 Å². The first-order valence-electron chi connectivity index (χ1n) is 12.0. The van der Waals surface area contributed by atoms with Gasteiger partial charge in [0, 0.05) is 36.2 Å². The number of H-pyrrole nitrogens is 1. The lowest BCUT2D eigenvalue weighted by Crippen LogP contribution is -2.63. The Bertz CT molecular complexity index is 1310. The van der Waals surface area contributed by atoms with Crippen LogP contribution >= 0.6 is 0 Å². The molecule has 2 saturated heterocycles. The molecule has 3 atom stereocenters. The summed E-state index contributed by atoms with van der Waals surface area (Å²) in [5.41, 5.74) is 4.23. The predicted octanol–water partition coefficient (Wildman–Crippen LogP) is 2.82. The molecule has 0 unspecified atom stereocenters. The zero-order chi connectivity index (χ0) is 24.1. The van der Waals surface area contributed by atoms with Crippen molar-refractivity contribution in [2.75, 3.05) is 26.8 Å².